The van der Waals surface area contributed by atoms with E-state index in [1.165, 1.54) is 42.2 Å². The normalized spacial score (nSPS) is 11.4. The summed E-state index contributed by atoms with van der Waals surface area (Å²) in [5.74, 6) is 0.691. The van der Waals surface area contributed by atoms with E-state index >= 15 is 0 Å². The third-order valence-electron chi connectivity index (χ3n) is 11.1. The minimum absolute atomic E-state index is 0.691. The molecule has 0 fully saturated rings. The number of fused-ring (bicyclic) bond motifs is 5. The number of nitrogens with zero attached hydrogens (tertiary/aromatic N) is 3. The van der Waals surface area contributed by atoms with Crippen LogP contribution in [0.15, 0.2) is 212 Å². The number of thiophene rings is 1. The van der Waals surface area contributed by atoms with Crippen LogP contribution in [0.3, 0.4) is 0 Å². The number of para-hydroxylation sites is 1. The van der Waals surface area contributed by atoms with Crippen molar-refractivity contribution < 1.29 is 0 Å². The topological polar surface area (TPSA) is 38.7 Å². The van der Waals surface area contributed by atoms with Gasteiger partial charge < -0.3 is 0 Å². The van der Waals surface area contributed by atoms with Gasteiger partial charge in [0.25, 0.3) is 0 Å². The molecule has 0 aliphatic heterocycles. The van der Waals surface area contributed by atoms with Gasteiger partial charge in [0.05, 0.1) is 27.3 Å². The zero-order valence-electron chi connectivity index (χ0n) is 32.0. The summed E-state index contributed by atoms with van der Waals surface area (Å²) < 4.78 is 2.50. The van der Waals surface area contributed by atoms with Gasteiger partial charge >= 0.3 is 0 Å². The Balaban J connectivity index is 0.968. The monoisotopic (exact) mass is 769 g/mol. The van der Waals surface area contributed by atoms with Gasteiger partial charge in [-0.3, -0.25) is 0 Å². The van der Waals surface area contributed by atoms with Crippen molar-refractivity contribution in [1.82, 2.24) is 15.0 Å². The lowest BCUT2D eigenvalue weighted by atomic mass is 9.98. The van der Waals surface area contributed by atoms with Crippen LogP contribution in [0, 0.1) is 0 Å². The van der Waals surface area contributed by atoms with Crippen LogP contribution in [-0.4, -0.2) is 15.0 Å². The summed E-state index contributed by atoms with van der Waals surface area (Å²) in [7, 11) is 0. The van der Waals surface area contributed by atoms with E-state index in [1.54, 1.807) is 0 Å². The van der Waals surface area contributed by atoms with Crippen molar-refractivity contribution in [2.75, 3.05) is 0 Å². The van der Waals surface area contributed by atoms with Crippen LogP contribution in [0.2, 0.25) is 0 Å². The molecule has 0 aliphatic carbocycles. The first-order valence-electron chi connectivity index (χ1n) is 19.8. The molecule has 3 nitrogen and oxygen atoms in total. The van der Waals surface area contributed by atoms with Gasteiger partial charge in [0.1, 0.15) is 0 Å². The van der Waals surface area contributed by atoms with Crippen molar-refractivity contribution in [3.8, 4) is 78.5 Å². The van der Waals surface area contributed by atoms with Gasteiger partial charge in [0.15, 0.2) is 5.82 Å². The molecule has 3 aromatic heterocycles. The van der Waals surface area contributed by atoms with Gasteiger partial charge in [0, 0.05) is 43.1 Å². The average molecular weight is 770 g/mol. The number of aromatic nitrogens is 3. The van der Waals surface area contributed by atoms with Crippen LogP contribution in [0.5, 0.6) is 0 Å². The lowest BCUT2D eigenvalue weighted by molar-refractivity contribution is 1.18. The summed E-state index contributed by atoms with van der Waals surface area (Å²) in [5, 5.41) is 3.76. The van der Waals surface area contributed by atoms with Gasteiger partial charge in [-0.2, -0.15) is 0 Å². The van der Waals surface area contributed by atoms with Crippen molar-refractivity contribution in [2.45, 2.75) is 0 Å². The fourth-order valence-electron chi connectivity index (χ4n) is 8.09. The van der Waals surface area contributed by atoms with Crippen molar-refractivity contribution in [3.63, 3.8) is 0 Å². The molecule has 59 heavy (non-hydrogen) atoms. The van der Waals surface area contributed by atoms with E-state index in [1.807, 2.05) is 23.5 Å². The molecule has 0 aliphatic rings. The van der Waals surface area contributed by atoms with E-state index in [0.717, 1.165) is 61.5 Å². The van der Waals surface area contributed by atoms with Gasteiger partial charge in [-0.1, -0.05) is 188 Å². The maximum Gasteiger partial charge on any atom is 0.160 e. The Morgan fingerprint density at radius 3 is 1.39 bits per heavy atom. The Labute approximate surface area is 346 Å². The molecule has 0 atom stereocenters. The van der Waals surface area contributed by atoms with Crippen LogP contribution in [0.25, 0.3) is 110 Å². The van der Waals surface area contributed by atoms with E-state index in [0.29, 0.717) is 5.82 Å². The molecular formula is C55H35N3S. The van der Waals surface area contributed by atoms with Crippen LogP contribution in [0.1, 0.15) is 0 Å². The standard InChI is InChI=1S/C55H35N3S/c1-3-12-36(13-4-1)38-22-28-41(29-23-38)49-35-50(58-55(57-49)43-32-26-39(27-33-43)37-14-5-2-6-15-37)42-30-24-40(25-31-42)44-16-11-17-45(34-44)53-54-52(46-18-7-9-20-48(46)56-53)47-19-8-10-21-51(47)59-54/h1-35H. The first kappa shape index (κ1) is 34.7. The molecule has 0 amide bonds. The molecule has 4 heteroatoms. The summed E-state index contributed by atoms with van der Waals surface area (Å²) in [6.45, 7) is 0. The maximum absolute atomic E-state index is 5.26. The predicted molar refractivity (Wildman–Crippen MR) is 248 cm³/mol. The fraction of sp³-hybridized carbons (Fsp3) is 0. The van der Waals surface area contributed by atoms with Crippen LogP contribution in [-0.2, 0) is 0 Å². The third-order valence-corrected chi connectivity index (χ3v) is 12.3. The summed E-state index contributed by atoms with van der Waals surface area (Å²) >= 11 is 1.82. The molecule has 0 saturated heterocycles. The summed E-state index contributed by atoms with van der Waals surface area (Å²) in [5.41, 5.74) is 14.9. The highest BCUT2D eigenvalue weighted by Gasteiger charge is 2.17. The Morgan fingerprint density at radius 1 is 0.305 bits per heavy atom. The van der Waals surface area contributed by atoms with Crippen molar-refractivity contribution in [1.29, 1.82) is 0 Å². The Bertz CT molecular complexity index is 3180. The third kappa shape index (κ3) is 6.56. The van der Waals surface area contributed by atoms with E-state index in [4.69, 9.17) is 15.0 Å². The molecule has 8 aromatic carbocycles. The van der Waals surface area contributed by atoms with Crippen LogP contribution < -0.4 is 0 Å². The molecule has 11 aromatic rings. The Kier molecular flexibility index (Phi) is 8.68. The fourth-order valence-corrected chi connectivity index (χ4v) is 9.32. The highest BCUT2D eigenvalue weighted by molar-refractivity contribution is 7.26. The number of rotatable bonds is 7. The Hall–Kier alpha value is -7.53. The van der Waals surface area contributed by atoms with E-state index in [2.05, 4.69) is 200 Å². The second kappa shape index (κ2) is 14.8. The first-order valence-corrected chi connectivity index (χ1v) is 20.7. The lowest BCUT2D eigenvalue weighted by Gasteiger charge is -2.12. The predicted octanol–water partition coefficient (Wildman–Crippen LogP) is 15.1. The molecule has 11 rings (SSSR count). The number of pyridine rings is 1. The van der Waals surface area contributed by atoms with Gasteiger partial charge in [-0.25, -0.2) is 15.0 Å². The zero-order chi connectivity index (χ0) is 39.1. The molecule has 0 bridgehead atoms. The highest BCUT2D eigenvalue weighted by atomic mass is 32.1. The molecule has 0 radical (unpaired) electrons. The summed E-state index contributed by atoms with van der Waals surface area (Å²) in [6.07, 6.45) is 0. The Morgan fingerprint density at radius 2 is 0.763 bits per heavy atom. The molecule has 0 saturated carbocycles. The smallest absolute Gasteiger partial charge is 0.160 e. The van der Waals surface area contributed by atoms with Crippen LogP contribution in [0.4, 0.5) is 0 Å². The van der Waals surface area contributed by atoms with Crippen molar-refractivity contribution in [3.05, 3.63) is 212 Å². The van der Waals surface area contributed by atoms with Crippen LogP contribution >= 0.6 is 11.3 Å². The molecule has 276 valence electrons. The molecule has 0 N–H and O–H groups in total. The highest BCUT2D eigenvalue weighted by Crippen LogP contribution is 2.43. The largest absolute Gasteiger partial charge is 0.246 e. The van der Waals surface area contributed by atoms with Gasteiger partial charge in [-0.05, 0) is 57.6 Å². The molecular weight excluding hydrogens is 735 g/mol. The van der Waals surface area contributed by atoms with E-state index < -0.39 is 0 Å². The minimum Gasteiger partial charge on any atom is -0.246 e. The maximum atomic E-state index is 5.26. The molecule has 3 heterocycles. The SMILES string of the molecule is c1ccc(-c2ccc(-c3cc(-c4ccc(-c5cccc(-c6nc7ccccc7c7c6sc6ccccc67)c5)cc4)nc(-c4ccc(-c5ccccc5)cc4)n3)cc2)cc1. The van der Waals surface area contributed by atoms with Gasteiger partial charge in [0.2, 0.25) is 0 Å². The number of hydrogen-bond donors (Lipinski definition) is 0. The number of hydrogen-bond acceptors (Lipinski definition) is 4. The summed E-state index contributed by atoms with van der Waals surface area (Å²) in [6, 6.07) is 74.9. The quantitative estimate of drug-likeness (QED) is 0.162. The molecule has 0 spiro atoms. The second-order valence-electron chi connectivity index (χ2n) is 14.8. The first-order chi connectivity index (χ1) is 29.2. The minimum atomic E-state index is 0.691. The molecule has 0 unspecified atom stereocenters. The van der Waals surface area contributed by atoms with Gasteiger partial charge in [-0.15, -0.1) is 11.3 Å². The van der Waals surface area contributed by atoms with E-state index in [-0.39, 0.29) is 0 Å². The van der Waals surface area contributed by atoms with Crippen molar-refractivity contribution >= 4 is 42.4 Å². The second-order valence-corrected chi connectivity index (χ2v) is 15.8. The van der Waals surface area contributed by atoms with E-state index in [9.17, 15) is 0 Å². The number of benzene rings is 8. The lowest BCUT2D eigenvalue weighted by Crippen LogP contribution is -1.96. The zero-order valence-corrected chi connectivity index (χ0v) is 32.8. The average Bonchev–Trinajstić information content (AvgIpc) is 3.72. The van der Waals surface area contributed by atoms with Crippen molar-refractivity contribution in [2.24, 2.45) is 0 Å². The summed E-state index contributed by atoms with van der Waals surface area (Å²) in [4.78, 5) is 15.6.